The molecule has 0 aromatic rings. The maximum atomic E-state index is 11.2. The molecular formula is C18H28O6. The van der Waals surface area contributed by atoms with E-state index in [9.17, 15) is 14.4 Å². The van der Waals surface area contributed by atoms with Crippen LogP contribution in [0.5, 0.6) is 0 Å². The fourth-order valence-corrected chi connectivity index (χ4v) is 2.83. The summed E-state index contributed by atoms with van der Waals surface area (Å²) in [4.78, 5) is 33.5. The van der Waals surface area contributed by atoms with E-state index in [4.69, 9.17) is 14.2 Å². The number of carbonyl (C=O) groups excluding carboxylic acids is 3. The Bertz CT molecular complexity index is 468. The van der Waals surface area contributed by atoms with Crippen LogP contribution in [-0.4, -0.2) is 36.7 Å². The summed E-state index contributed by atoms with van der Waals surface area (Å²) in [7, 11) is 0. The Morgan fingerprint density at radius 1 is 1.04 bits per heavy atom. The number of unbranched alkanes of at least 4 members (excludes halogenated alkanes) is 3. The third-order valence-electron chi connectivity index (χ3n) is 3.79. The summed E-state index contributed by atoms with van der Waals surface area (Å²) < 4.78 is 15.4. The van der Waals surface area contributed by atoms with Gasteiger partial charge in [-0.05, 0) is 37.8 Å². The Kier molecular flexibility index (Phi) is 9.12. The van der Waals surface area contributed by atoms with E-state index in [0.717, 1.165) is 37.7 Å². The van der Waals surface area contributed by atoms with Crippen LogP contribution in [-0.2, 0) is 28.6 Å². The molecule has 6 nitrogen and oxygen atoms in total. The molecule has 0 aliphatic heterocycles. The Hall–Kier alpha value is -1.85. The Labute approximate surface area is 143 Å². The highest BCUT2D eigenvalue weighted by Crippen LogP contribution is 2.29. The van der Waals surface area contributed by atoms with E-state index in [1.807, 2.05) is 6.08 Å². The smallest absolute Gasteiger partial charge is 0.305 e. The monoisotopic (exact) mass is 340 g/mol. The SMILES string of the molecule is CCOC(=O)CCCCCCC1=CC(OC(C)=O)CC1OC(C)=O. The minimum Gasteiger partial charge on any atom is -0.466 e. The summed E-state index contributed by atoms with van der Waals surface area (Å²) in [5.41, 5.74) is 1.02. The normalized spacial score (nSPS) is 19.5. The maximum Gasteiger partial charge on any atom is 0.305 e. The summed E-state index contributed by atoms with van der Waals surface area (Å²) >= 11 is 0. The predicted molar refractivity (Wildman–Crippen MR) is 88.1 cm³/mol. The van der Waals surface area contributed by atoms with Crippen LogP contribution in [0.3, 0.4) is 0 Å². The number of hydrogen-bond donors (Lipinski definition) is 0. The second-order valence-electron chi connectivity index (χ2n) is 5.94. The van der Waals surface area contributed by atoms with Gasteiger partial charge in [-0.1, -0.05) is 12.8 Å². The molecule has 0 saturated carbocycles. The summed E-state index contributed by atoms with van der Waals surface area (Å²) in [5.74, 6) is -0.808. The van der Waals surface area contributed by atoms with E-state index < -0.39 is 0 Å². The molecule has 0 N–H and O–H groups in total. The van der Waals surface area contributed by atoms with Crippen molar-refractivity contribution in [2.45, 2.75) is 77.9 Å². The van der Waals surface area contributed by atoms with E-state index in [1.165, 1.54) is 13.8 Å². The Morgan fingerprint density at radius 3 is 2.33 bits per heavy atom. The lowest BCUT2D eigenvalue weighted by molar-refractivity contribution is -0.148. The van der Waals surface area contributed by atoms with Gasteiger partial charge in [0.2, 0.25) is 0 Å². The number of rotatable bonds is 10. The average molecular weight is 340 g/mol. The van der Waals surface area contributed by atoms with Crippen LogP contribution in [0.25, 0.3) is 0 Å². The highest BCUT2D eigenvalue weighted by Gasteiger charge is 2.30. The van der Waals surface area contributed by atoms with Crippen molar-refractivity contribution in [3.05, 3.63) is 11.6 Å². The molecule has 1 aliphatic rings. The van der Waals surface area contributed by atoms with Gasteiger partial charge in [-0.25, -0.2) is 0 Å². The first-order valence-electron chi connectivity index (χ1n) is 8.63. The van der Waals surface area contributed by atoms with Gasteiger partial charge in [0.05, 0.1) is 6.61 Å². The number of ether oxygens (including phenoxy) is 3. The zero-order valence-electron chi connectivity index (χ0n) is 14.8. The second kappa shape index (κ2) is 10.8. The minimum atomic E-state index is -0.335. The minimum absolute atomic E-state index is 0.143. The molecule has 0 saturated heterocycles. The molecule has 0 heterocycles. The molecule has 0 amide bonds. The van der Waals surface area contributed by atoms with E-state index in [-0.39, 0.29) is 30.1 Å². The van der Waals surface area contributed by atoms with Crippen molar-refractivity contribution in [2.24, 2.45) is 0 Å². The summed E-state index contributed by atoms with van der Waals surface area (Å²) in [5, 5.41) is 0. The van der Waals surface area contributed by atoms with Crippen LogP contribution >= 0.6 is 0 Å². The first kappa shape index (κ1) is 20.2. The average Bonchev–Trinajstić information content (AvgIpc) is 2.83. The molecule has 6 heteroatoms. The van der Waals surface area contributed by atoms with Crippen LogP contribution < -0.4 is 0 Å². The molecule has 0 aromatic carbocycles. The first-order chi connectivity index (χ1) is 11.4. The quantitative estimate of drug-likeness (QED) is 0.263. The largest absolute Gasteiger partial charge is 0.466 e. The lowest BCUT2D eigenvalue weighted by Crippen LogP contribution is -2.19. The van der Waals surface area contributed by atoms with Gasteiger partial charge < -0.3 is 14.2 Å². The predicted octanol–water partition coefficient (Wildman–Crippen LogP) is 3.08. The Morgan fingerprint density at radius 2 is 1.71 bits per heavy atom. The molecule has 0 fully saturated rings. The first-order valence-corrected chi connectivity index (χ1v) is 8.63. The molecule has 0 radical (unpaired) electrons. The highest BCUT2D eigenvalue weighted by molar-refractivity contribution is 5.69. The number of hydrogen-bond acceptors (Lipinski definition) is 6. The van der Waals surface area contributed by atoms with Crippen LogP contribution in [0.15, 0.2) is 11.6 Å². The maximum absolute atomic E-state index is 11.2. The van der Waals surface area contributed by atoms with Crippen LogP contribution in [0.4, 0.5) is 0 Å². The Balaban J connectivity index is 2.32. The van der Waals surface area contributed by atoms with E-state index in [0.29, 0.717) is 19.4 Å². The molecule has 2 unspecified atom stereocenters. The van der Waals surface area contributed by atoms with Crippen LogP contribution in [0, 0.1) is 0 Å². The number of carbonyl (C=O) groups is 3. The van der Waals surface area contributed by atoms with Gasteiger partial charge in [0, 0.05) is 26.7 Å². The van der Waals surface area contributed by atoms with Crippen LogP contribution in [0.1, 0.15) is 65.7 Å². The van der Waals surface area contributed by atoms with Crippen molar-refractivity contribution in [2.75, 3.05) is 6.61 Å². The fourth-order valence-electron chi connectivity index (χ4n) is 2.83. The van der Waals surface area contributed by atoms with Crippen molar-refractivity contribution in [1.29, 1.82) is 0 Å². The van der Waals surface area contributed by atoms with Crippen LogP contribution in [0.2, 0.25) is 0 Å². The molecule has 0 spiro atoms. The second-order valence-corrected chi connectivity index (χ2v) is 5.94. The summed E-state index contributed by atoms with van der Waals surface area (Å²) in [6.45, 7) is 4.98. The van der Waals surface area contributed by atoms with Gasteiger partial charge in [0.15, 0.2) is 0 Å². The molecule has 1 aliphatic carbocycles. The van der Waals surface area contributed by atoms with Crippen molar-refractivity contribution >= 4 is 17.9 Å². The summed E-state index contributed by atoms with van der Waals surface area (Å²) in [6.07, 6.45) is 6.75. The summed E-state index contributed by atoms with van der Waals surface area (Å²) in [6, 6.07) is 0. The highest BCUT2D eigenvalue weighted by atomic mass is 16.6. The van der Waals surface area contributed by atoms with Crippen molar-refractivity contribution in [3.63, 3.8) is 0 Å². The third-order valence-corrected chi connectivity index (χ3v) is 3.79. The van der Waals surface area contributed by atoms with Gasteiger partial charge in [-0.15, -0.1) is 0 Å². The molecule has 0 aromatic heterocycles. The molecular weight excluding hydrogens is 312 g/mol. The molecule has 24 heavy (non-hydrogen) atoms. The molecule has 136 valence electrons. The number of esters is 3. The van der Waals surface area contributed by atoms with Crippen molar-refractivity contribution < 1.29 is 28.6 Å². The topological polar surface area (TPSA) is 78.9 Å². The standard InChI is InChI=1S/C18H28O6/c1-4-22-18(21)10-8-6-5-7-9-15-11-16(23-13(2)19)12-17(15)24-14(3)20/h11,16-17H,4-10,12H2,1-3H3. The van der Waals surface area contributed by atoms with Gasteiger partial charge >= 0.3 is 17.9 Å². The van der Waals surface area contributed by atoms with E-state index in [1.54, 1.807) is 6.92 Å². The van der Waals surface area contributed by atoms with Gasteiger partial charge in [-0.3, -0.25) is 14.4 Å². The lowest BCUT2D eigenvalue weighted by atomic mass is 10.0. The van der Waals surface area contributed by atoms with Gasteiger partial charge in [-0.2, -0.15) is 0 Å². The van der Waals surface area contributed by atoms with Crippen molar-refractivity contribution in [1.82, 2.24) is 0 Å². The molecule has 2 atom stereocenters. The van der Waals surface area contributed by atoms with E-state index in [2.05, 4.69) is 0 Å². The zero-order valence-corrected chi connectivity index (χ0v) is 14.8. The van der Waals surface area contributed by atoms with E-state index >= 15 is 0 Å². The van der Waals surface area contributed by atoms with Gasteiger partial charge in [0.25, 0.3) is 0 Å². The third kappa shape index (κ3) is 8.13. The van der Waals surface area contributed by atoms with Crippen molar-refractivity contribution in [3.8, 4) is 0 Å². The molecule has 1 rings (SSSR count). The zero-order chi connectivity index (χ0) is 17.9. The fraction of sp³-hybridized carbons (Fsp3) is 0.722. The molecule has 0 bridgehead atoms. The lowest BCUT2D eigenvalue weighted by Gasteiger charge is -2.15. The van der Waals surface area contributed by atoms with Gasteiger partial charge in [0.1, 0.15) is 12.2 Å².